The number of alkyl halides is 1. The third-order valence-corrected chi connectivity index (χ3v) is 6.82. The summed E-state index contributed by atoms with van der Waals surface area (Å²) in [5.74, 6) is -1.16. The van der Waals surface area contributed by atoms with E-state index in [-0.39, 0.29) is 11.6 Å². The van der Waals surface area contributed by atoms with Crippen molar-refractivity contribution in [2.24, 2.45) is 0 Å². The lowest BCUT2D eigenvalue weighted by molar-refractivity contribution is -0.159. The maximum Gasteiger partial charge on any atom is 0.408 e. The summed E-state index contributed by atoms with van der Waals surface area (Å²) in [6.45, 7) is 10.4. The molecule has 0 bridgehead atoms. The van der Waals surface area contributed by atoms with Crippen LogP contribution in [0.15, 0.2) is 41.6 Å². The zero-order chi connectivity index (χ0) is 26.8. The number of ether oxygens (including phenoxy) is 2. The molecular weight excluding hydrogens is 506 g/mol. The van der Waals surface area contributed by atoms with Gasteiger partial charge in [-0.2, -0.15) is 0 Å². The monoisotopic (exact) mass is 537 g/mol. The predicted molar refractivity (Wildman–Crippen MR) is 137 cm³/mol. The highest BCUT2D eigenvalue weighted by Crippen LogP contribution is 2.41. The number of hydrogen-bond acceptors (Lipinski definition) is 7. The summed E-state index contributed by atoms with van der Waals surface area (Å²) in [4.78, 5) is 53.1. The molecule has 1 aromatic carbocycles. The summed E-state index contributed by atoms with van der Waals surface area (Å²) in [7, 11) is 0. The summed E-state index contributed by atoms with van der Waals surface area (Å²) in [6.07, 6.45) is -0.762. The first-order chi connectivity index (χ1) is 16.7. The van der Waals surface area contributed by atoms with Crippen LogP contribution in [0.5, 0.6) is 0 Å². The van der Waals surface area contributed by atoms with Crippen molar-refractivity contribution in [3.05, 3.63) is 47.2 Å². The topological polar surface area (TPSA) is 114 Å². The summed E-state index contributed by atoms with van der Waals surface area (Å²) in [5.41, 5.74) is -0.251. The molecule has 1 unspecified atom stereocenters. The van der Waals surface area contributed by atoms with E-state index in [0.717, 1.165) is 0 Å². The van der Waals surface area contributed by atoms with Gasteiger partial charge in [-0.15, -0.1) is 23.4 Å². The van der Waals surface area contributed by atoms with Crippen molar-refractivity contribution in [3.8, 4) is 0 Å². The summed E-state index contributed by atoms with van der Waals surface area (Å²) in [5, 5.41) is 4.83. The molecule has 0 aromatic heterocycles. The number of halogens is 1. The van der Waals surface area contributed by atoms with Crippen LogP contribution in [0.1, 0.15) is 53.1 Å². The Labute approximate surface area is 220 Å². The molecule has 1 saturated heterocycles. The van der Waals surface area contributed by atoms with Crippen LogP contribution < -0.4 is 10.6 Å². The lowest BCUT2D eigenvalue weighted by Crippen LogP contribution is -2.71. The minimum absolute atomic E-state index is 0.0744. The smallest absolute Gasteiger partial charge is 0.408 e. The zero-order valence-corrected chi connectivity index (χ0v) is 22.8. The average Bonchev–Trinajstić information content (AvgIpc) is 2.78. The van der Waals surface area contributed by atoms with Crippen LogP contribution in [0, 0.1) is 0 Å². The minimum Gasteiger partial charge on any atom is -0.455 e. The van der Waals surface area contributed by atoms with Gasteiger partial charge in [-0.05, 0) is 52.7 Å². The molecule has 11 heteroatoms. The number of amides is 3. The lowest BCUT2D eigenvalue weighted by atomic mass is 10.0. The standard InChI is InChI=1S/C25H32ClN3O6S/c1-24(2,3)34-22(32)18-15(12-26)13-36-21-17(20(31)29(18)21)27-19(30)16(14-10-8-7-9-11-14)28-23(33)35-25(4,5)6/h7-11,16-17,21H,12-13H2,1-6H3,(H,27,30)(H,28,33)/t16?,17-,21+/m1/s1. The molecule has 0 radical (unpaired) electrons. The molecular formula is C25H32ClN3O6S. The molecule has 2 heterocycles. The van der Waals surface area contributed by atoms with E-state index in [2.05, 4.69) is 10.6 Å². The van der Waals surface area contributed by atoms with Crippen molar-refractivity contribution in [2.45, 2.75) is 70.2 Å². The maximum absolute atomic E-state index is 13.3. The Bertz CT molecular complexity index is 1060. The molecule has 2 aliphatic heterocycles. The number of β-lactam (4-membered cyclic amide) rings is 1. The van der Waals surface area contributed by atoms with Crippen LogP contribution in [-0.4, -0.2) is 63.0 Å². The Morgan fingerprint density at radius 1 is 1.08 bits per heavy atom. The normalized spacial score (nSPS) is 20.6. The fourth-order valence-corrected chi connectivity index (χ4v) is 5.39. The van der Waals surface area contributed by atoms with Crippen LogP contribution in [0.3, 0.4) is 0 Å². The first-order valence-electron chi connectivity index (χ1n) is 11.5. The van der Waals surface area contributed by atoms with Crippen molar-refractivity contribution < 1.29 is 28.7 Å². The highest BCUT2D eigenvalue weighted by Gasteiger charge is 2.55. The third kappa shape index (κ3) is 6.53. The van der Waals surface area contributed by atoms with Gasteiger partial charge < -0.3 is 20.1 Å². The fraction of sp³-hybridized carbons (Fsp3) is 0.520. The van der Waals surface area contributed by atoms with E-state index in [1.54, 1.807) is 71.9 Å². The largest absolute Gasteiger partial charge is 0.455 e. The van der Waals surface area contributed by atoms with Crippen molar-refractivity contribution in [3.63, 3.8) is 0 Å². The molecule has 1 fully saturated rings. The number of rotatable bonds is 6. The van der Waals surface area contributed by atoms with Crippen LogP contribution in [0.25, 0.3) is 0 Å². The number of fused-ring (bicyclic) bond motifs is 1. The summed E-state index contributed by atoms with van der Waals surface area (Å²) < 4.78 is 10.8. The van der Waals surface area contributed by atoms with Gasteiger partial charge in [0, 0.05) is 11.6 Å². The lowest BCUT2D eigenvalue weighted by Gasteiger charge is -2.50. The fourth-order valence-electron chi connectivity index (χ4n) is 3.71. The van der Waals surface area contributed by atoms with E-state index >= 15 is 0 Å². The van der Waals surface area contributed by atoms with Gasteiger partial charge in [0.25, 0.3) is 5.91 Å². The number of hydrogen-bond donors (Lipinski definition) is 2. The van der Waals surface area contributed by atoms with Gasteiger partial charge in [0.1, 0.15) is 34.4 Å². The van der Waals surface area contributed by atoms with Crippen molar-refractivity contribution in [2.75, 3.05) is 11.6 Å². The number of alkyl carbamates (subject to hydrolysis) is 1. The number of carbonyl (C=O) groups is 4. The van der Waals surface area contributed by atoms with E-state index in [0.29, 0.717) is 16.9 Å². The highest BCUT2D eigenvalue weighted by atomic mass is 35.5. The Morgan fingerprint density at radius 3 is 2.25 bits per heavy atom. The van der Waals surface area contributed by atoms with Gasteiger partial charge in [-0.3, -0.25) is 14.5 Å². The van der Waals surface area contributed by atoms with E-state index in [9.17, 15) is 19.2 Å². The molecule has 3 amide bonds. The Hall–Kier alpha value is -2.72. The van der Waals surface area contributed by atoms with Gasteiger partial charge in [0.2, 0.25) is 5.91 Å². The van der Waals surface area contributed by atoms with Crippen molar-refractivity contribution in [1.82, 2.24) is 15.5 Å². The van der Waals surface area contributed by atoms with Crippen LogP contribution in [-0.2, 0) is 23.9 Å². The van der Waals surface area contributed by atoms with Gasteiger partial charge in [0.15, 0.2) is 0 Å². The SMILES string of the molecule is CC(C)(C)OC(=O)NC(C(=O)N[C@@H]1C(=O)N2C(C(=O)OC(C)(C)C)=C(CCl)CS[C@@H]12)c1ccccc1. The highest BCUT2D eigenvalue weighted by molar-refractivity contribution is 8.00. The molecule has 36 heavy (non-hydrogen) atoms. The number of thioether (sulfide) groups is 1. The van der Waals surface area contributed by atoms with E-state index in [4.69, 9.17) is 21.1 Å². The molecule has 2 aliphatic rings. The molecule has 196 valence electrons. The van der Waals surface area contributed by atoms with Crippen LogP contribution >= 0.6 is 23.4 Å². The van der Waals surface area contributed by atoms with Gasteiger partial charge >= 0.3 is 12.1 Å². The summed E-state index contributed by atoms with van der Waals surface area (Å²) in [6, 6.07) is 6.69. The summed E-state index contributed by atoms with van der Waals surface area (Å²) >= 11 is 7.46. The van der Waals surface area contributed by atoms with Gasteiger partial charge in [-0.25, -0.2) is 9.59 Å². The minimum atomic E-state index is -1.09. The number of nitrogens with zero attached hydrogens (tertiary/aromatic N) is 1. The Kier molecular flexibility index (Phi) is 8.30. The molecule has 0 aliphatic carbocycles. The van der Waals surface area contributed by atoms with Crippen molar-refractivity contribution in [1.29, 1.82) is 0 Å². The van der Waals surface area contributed by atoms with Crippen LogP contribution in [0.2, 0.25) is 0 Å². The number of benzene rings is 1. The average molecular weight is 538 g/mol. The van der Waals surface area contributed by atoms with Gasteiger partial charge in [0.05, 0.1) is 0 Å². The zero-order valence-electron chi connectivity index (χ0n) is 21.2. The van der Waals surface area contributed by atoms with Gasteiger partial charge in [-0.1, -0.05) is 30.3 Å². The molecule has 0 spiro atoms. The number of esters is 1. The molecule has 1 aromatic rings. The Morgan fingerprint density at radius 2 is 1.69 bits per heavy atom. The quantitative estimate of drug-likeness (QED) is 0.324. The molecule has 9 nitrogen and oxygen atoms in total. The third-order valence-electron chi connectivity index (χ3n) is 5.15. The first-order valence-corrected chi connectivity index (χ1v) is 13.1. The number of nitrogens with one attached hydrogen (secondary N) is 2. The first kappa shape index (κ1) is 27.9. The molecule has 0 saturated carbocycles. The maximum atomic E-state index is 13.3. The van der Waals surface area contributed by atoms with E-state index in [1.807, 2.05) is 0 Å². The van der Waals surface area contributed by atoms with E-state index < -0.39 is 52.5 Å². The molecule has 3 rings (SSSR count). The predicted octanol–water partition coefficient (Wildman–Crippen LogP) is 3.49. The molecule has 2 N–H and O–H groups in total. The second kappa shape index (κ2) is 10.7. The molecule has 3 atom stereocenters. The second-order valence-corrected chi connectivity index (χ2v) is 11.8. The second-order valence-electron chi connectivity index (χ2n) is 10.5. The van der Waals surface area contributed by atoms with Crippen molar-refractivity contribution >= 4 is 47.2 Å². The van der Waals surface area contributed by atoms with E-state index in [1.165, 1.54) is 16.7 Å². The number of carbonyl (C=O) groups excluding carboxylic acids is 4. The Balaban J connectivity index is 1.79. The van der Waals surface area contributed by atoms with Crippen LogP contribution in [0.4, 0.5) is 4.79 Å².